The van der Waals surface area contributed by atoms with Crippen LogP contribution in [0.4, 0.5) is 5.82 Å². The van der Waals surface area contributed by atoms with Crippen molar-refractivity contribution in [3.05, 3.63) is 16.3 Å². The maximum Gasteiger partial charge on any atom is 0.162 e. The van der Waals surface area contributed by atoms with Gasteiger partial charge in [-0.2, -0.15) is 11.8 Å². The molecule has 0 radical (unpaired) electrons. The lowest BCUT2D eigenvalue weighted by molar-refractivity contribution is 0.0698. The van der Waals surface area contributed by atoms with Crippen molar-refractivity contribution in [2.75, 3.05) is 30.0 Å². The summed E-state index contributed by atoms with van der Waals surface area (Å²) in [5, 5.41) is 4.70. The Morgan fingerprint density at radius 2 is 2.29 bits per heavy atom. The van der Waals surface area contributed by atoms with Crippen LogP contribution in [0.1, 0.15) is 35.7 Å². The number of aryl methyl sites for hydroxylation is 2. The number of nitrogens with one attached hydrogen (secondary N) is 1. The number of aromatic nitrogens is 2. The van der Waals surface area contributed by atoms with E-state index in [0.717, 1.165) is 41.1 Å². The Kier molecular flexibility index (Phi) is 3.77. The zero-order valence-electron chi connectivity index (χ0n) is 12.1. The lowest BCUT2D eigenvalue weighted by atomic mass is 10.2. The summed E-state index contributed by atoms with van der Waals surface area (Å²) in [5.41, 5.74) is 1.48. The molecule has 0 amide bonds. The molecule has 3 heterocycles. The van der Waals surface area contributed by atoms with Crippen molar-refractivity contribution in [3.8, 4) is 0 Å². The Labute approximate surface area is 132 Å². The second kappa shape index (κ2) is 5.74. The van der Waals surface area contributed by atoms with Crippen LogP contribution >= 0.6 is 23.1 Å². The van der Waals surface area contributed by atoms with E-state index in [0.29, 0.717) is 0 Å². The molecule has 6 heteroatoms. The predicted octanol–water partition coefficient (Wildman–Crippen LogP) is 3.42. The summed E-state index contributed by atoms with van der Waals surface area (Å²) in [6.45, 7) is 3.80. The van der Waals surface area contributed by atoms with Crippen LogP contribution in [0.25, 0.3) is 10.2 Å². The lowest BCUT2D eigenvalue weighted by Gasteiger charge is -2.21. The average molecular weight is 321 g/mol. The van der Waals surface area contributed by atoms with Crippen LogP contribution in [0.5, 0.6) is 0 Å². The topological polar surface area (TPSA) is 47.0 Å². The van der Waals surface area contributed by atoms with Crippen LogP contribution in [0.2, 0.25) is 0 Å². The molecule has 1 aliphatic heterocycles. The normalized spacial score (nSPS) is 21.7. The largest absolute Gasteiger partial charge is 0.370 e. The minimum absolute atomic E-state index is 0.0440. The average Bonchev–Trinajstić information content (AvgIpc) is 3.08. The lowest BCUT2D eigenvalue weighted by Crippen LogP contribution is -2.18. The minimum atomic E-state index is 0.0440. The van der Waals surface area contributed by atoms with E-state index in [1.165, 1.54) is 35.1 Å². The molecule has 1 fully saturated rings. The SMILES string of the molecule is CCNc1nc(C2CSCCO2)nc2sc3c(c12)CCC3. The number of hydrogen-bond acceptors (Lipinski definition) is 6. The van der Waals surface area contributed by atoms with E-state index in [-0.39, 0.29) is 6.10 Å². The summed E-state index contributed by atoms with van der Waals surface area (Å²) in [5.74, 6) is 3.90. The van der Waals surface area contributed by atoms with Crippen LogP contribution in [-0.4, -0.2) is 34.6 Å². The Balaban J connectivity index is 1.82. The van der Waals surface area contributed by atoms with Crippen LogP contribution in [0, 0.1) is 0 Å². The molecule has 0 aromatic carbocycles. The second-order valence-electron chi connectivity index (χ2n) is 5.43. The molecule has 112 valence electrons. The van der Waals surface area contributed by atoms with Crippen molar-refractivity contribution in [1.82, 2.24) is 9.97 Å². The summed E-state index contributed by atoms with van der Waals surface area (Å²) >= 11 is 3.78. The minimum Gasteiger partial charge on any atom is -0.370 e. The summed E-state index contributed by atoms with van der Waals surface area (Å²) in [6.07, 6.45) is 3.69. The highest BCUT2D eigenvalue weighted by Gasteiger charge is 2.25. The maximum atomic E-state index is 5.85. The molecular weight excluding hydrogens is 302 g/mol. The van der Waals surface area contributed by atoms with E-state index < -0.39 is 0 Å². The van der Waals surface area contributed by atoms with Gasteiger partial charge in [0.2, 0.25) is 0 Å². The number of fused-ring (bicyclic) bond motifs is 3. The molecule has 2 aromatic heterocycles. The van der Waals surface area contributed by atoms with Crippen molar-refractivity contribution >= 4 is 39.1 Å². The van der Waals surface area contributed by atoms with E-state index in [9.17, 15) is 0 Å². The molecule has 1 N–H and O–H groups in total. The number of thiophene rings is 1. The number of nitrogens with zero attached hydrogens (tertiary/aromatic N) is 2. The molecule has 2 aromatic rings. The summed E-state index contributed by atoms with van der Waals surface area (Å²) in [4.78, 5) is 12.3. The Hall–Kier alpha value is -0.850. The molecule has 0 saturated carbocycles. The molecule has 4 rings (SSSR count). The Morgan fingerprint density at radius 1 is 1.33 bits per heavy atom. The fourth-order valence-electron chi connectivity index (χ4n) is 3.09. The zero-order valence-corrected chi connectivity index (χ0v) is 13.8. The number of anilines is 1. The maximum absolute atomic E-state index is 5.85. The highest BCUT2D eigenvalue weighted by molar-refractivity contribution is 7.99. The van der Waals surface area contributed by atoms with Gasteiger partial charge in [0, 0.05) is 22.9 Å². The molecule has 1 unspecified atom stereocenters. The molecule has 4 nitrogen and oxygen atoms in total. The van der Waals surface area contributed by atoms with Gasteiger partial charge in [0.25, 0.3) is 0 Å². The third kappa shape index (κ3) is 2.43. The summed E-state index contributed by atoms with van der Waals surface area (Å²) in [6, 6.07) is 0. The third-order valence-corrected chi connectivity index (χ3v) is 6.21. The third-order valence-electron chi connectivity index (χ3n) is 4.03. The van der Waals surface area contributed by atoms with Crippen LogP contribution in [0.15, 0.2) is 0 Å². The van der Waals surface area contributed by atoms with Crippen molar-refractivity contribution < 1.29 is 4.74 Å². The first-order valence-electron chi connectivity index (χ1n) is 7.62. The van der Waals surface area contributed by atoms with Crippen molar-refractivity contribution in [3.63, 3.8) is 0 Å². The van der Waals surface area contributed by atoms with Crippen molar-refractivity contribution in [1.29, 1.82) is 0 Å². The van der Waals surface area contributed by atoms with Gasteiger partial charge in [-0.1, -0.05) is 0 Å². The van der Waals surface area contributed by atoms with E-state index >= 15 is 0 Å². The van der Waals surface area contributed by atoms with E-state index in [1.54, 1.807) is 0 Å². The van der Waals surface area contributed by atoms with E-state index in [4.69, 9.17) is 14.7 Å². The fraction of sp³-hybridized carbons (Fsp3) is 0.600. The van der Waals surface area contributed by atoms with Crippen LogP contribution in [-0.2, 0) is 17.6 Å². The molecule has 0 spiro atoms. The van der Waals surface area contributed by atoms with Gasteiger partial charge in [0.05, 0.1) is 12.0 Å². The van der Waals surface area contributed by atoms with Crippen LogP contribution < -0.4 is 5.32 Å². The standard InChI is InChI=1S/C15H19N3OS2/c1-2-16-14-12-9-4-3-5-11(9)21-15(12)18-13(17-14)10-8-20-7-6-19-10/h10H,2-8H2,1H3,(H,16,17,18). The highest BCUT2D eigenvalue weighted by Crippen LogP contribution is 2.40. The van der Waals surface area contributed by atoms with Crippen LogP contribution in [0.3, 0.4) is 0 Å². The molecule has 0 bridgehead atoms. The zero-order chi connectivity index (χ0) is 14.2. The van der Waals surface area contributed by atoms with Gasteiger partial charge in [-0.25, -0.2) is 9.97 Å². The van der Waals surface area contributed by atoms with Gasteiger partial charge < -0.3 is 10.1 Å². The highest BCUT2D eigenvalue weighted by atomic mass is 32.2. The smallest absolute Gasteiger partial charge is 0.162 e. The number of thioether (sulfide) groups is 1. The van der Waals surface area contributed by atoms with Gasteiger partial charge in [0.15, 0.2) is 5.82 Å². The number of rotatable bonds is 3. The molecule has 1 saturated heterocycles. The Bertz CT molecular complexity index is 664. The number of hydrogen-bond donors (Lipinski definition) is 1. The second-order valence-corrected chi connectivity index (χ2v) is 7.67. The summed E-state index contributed by atoms with van der Waals surface area (Å²) in [7, 11) is 0. The molecule has 2 aliphatic rings. The molecule has 1 aliphatic carbocycles. The quantitative estimate of drug-likeness (QED) is 0.938. The van der Waals surface area contributed by atoms with Gasteiger partial charge in [-0.05, 0) is 31.7 Å². The van der Waals surface area contributed by atoms with Gasteiger partial charge >= 0.3 is 0 Å². The van der Waals surface area contributed by atoms with E-state index in [2.05, 4.69) is 12.2 Å². The monoisotopic (exact) mass is 321 g/mol. The number of ether oxygens (including phenoxy) is 1. The Morgan fingerprint density at radius 3 is 3.10 bits per heavy atom. The molecule has 21 heavy (non-hydrogen) atoms. The molecular formula is C15H19N3OS2. The summed E-state index contributed by atoms with van der Waals surface area (Å²) < 4.78 is 5.85. The van der Waals surface area contributed by atoms with E-state index in [1.807, 2.05) is 23.1 Å². The van der Waals surface area contributed by atoms with Crippen molar-refractivity contribution in [2.45, 2.75) is 32.3 Å². The van der Waals surface area contributed by atoms with Gasteiger partial charge in [0.1, 0.15) is 16.8 Å². The fourth-order valence-corrected chi connectivity index (χ4v) is 5.20. The first kappa shape index (κ1) is 13.8. The van der Waals surface area contributed by atoms with Crippen molar-refractivity contribution in [2.24, 2.45) is 0 Å². The van der Waals surface area contributed by atoms with Gasteiger partial charge in [-0.15, -0.1) is 11.3 Å². The van der Waals surface area contributed by atoms with Gasteiger partial charge in [-0.3, -0.25) is 0 Å². The first-order chi connectivity index (χ1) is 10.4. The molecule has 1 atom stereocenters. The predicted molar refractivity (Wildman–Crippen MR) is 89.6 cm³/mol. The first-order valence-corrected chi connectivity index (χ1v) is 9.59.